The summed E-state index contributed by atoms with van der Waals surface area (Å²) in [5.74, 6) is 0.954. The molecule has 1 aromatic rings. The quantitative estimate of drug-likeness (QED) is 0.0616. The van der Waals surface area contributed by atoms with E-state index in [1.807, 2.05) is 0 Å². The highest BCUT2D eigenvalue weighted by Gasteiger charge is 2.05. The van der Waals surface area contributed by atoms with E-state index in [2.05, 4.69) is 26.8 Å². The summed E-state index contributed by atoms with van der Waals surface area (Å²) in [5, 5.41) is 0. The van der Waals surface area contributed by atoms with Gasteiger partial charge in [0.2, 0.25) is 0 Å². The van der Waals surface area contributed by atoms with E-state index in [1.54, 1.807) is 0 Å². The average Bonchev–Trinajstić information content (AvgIpc) is 3.21. The molecule has 0 N–H and O–H groups in total. The van der Waals surface area contributed by atoms with E-state index in [9.17, 15) is 0 Å². The van der Waals surface area contributed by atoms with E-state index in [4.69, 9.17) is 9.97 Å². The van der Waals surface area contributed by atoms with Gasteiger partial charge in [0.25, 0.3) is 0 Å². The zero-order chi connectivity index (χ0) is 40.1. The van der Waals surface area contributed by atoms with Crippen LogP contribution in [-0.4, -0.2) is 9.97 Å². The van der Waals surface area contributed by atoms with Gasteiger partial charge >= 0.3 is 0 Å². The van der Waals surface area contributed by atoms with Gasteiger partial charge in [-0.25, -0.2) is 9.97 Å². The molecule has 0 spiro atoms. The van der Waals surface area contributed by atoms with Gasteiger partial charge in [0, 0.05) is 17.8 Å². The van der Waals surface area contributed by atoms with Crippen LogP contribution < -0.4 is 0 Å². The third kappa shape index (κ3) is 38.6. The Labute approximate surface area is 354 Å². The van der Waals surface area contributed by atoms with Crippen LogP contribution in [0.15, 0.2) is 6.07 Å². The molecule has 1 rings (SSSR count). The van der Waals surface area contributed by atoms with Crippen molar-refractivity contribution in [1.82, 2.24) is 9.97 Å². The maximum Gasteiger partial charge on any atom is 0.128 e. The highest BCUT2D eigenvalue weighted by Crippen LogP contribution is 2.18. The van der Waals surface area contributed by atoms with Gasteiger partial charge in [-0.05, 0) is 38.7 Å². The van der Waals surface area contributed by atoms with Gasteiger partial charge in [-0.15, -0.1) is 0 Å². The molecule has 0 amide bonds. The van der Waals surface area contributed by atoms with Crippen LogP contribution in [0.1, 0.15) is 314 Å². The first kappa shape index (κ1) is 53.1. The second-order valence-electron chi connectivity index (χ2n) is 18.4. The zero-order valence-corrected chi connectivity index (χ0v) is 38.9. The molecule has 0 saturated carbocycles. The molecule has 0 saturated heterocycles. The first-order chi connectivity index (χ1) is 27.8. The molecule has 0 unspecified atom stereocenters. The van der Waals surface area contributed by atoms with Crippen LogP contribution >= 0.6 is 0 Å². The number of unbranched alkanes of at least 4 members (excludes halogenated alkanes) is 42. The average molecular weight is 780 g/mol. The molecule has 0 bridgehead atoms. The Hall–Kier alpha value is -0.920. The van der Waals surface area contributed by atoms with Crippen molar-refractivity contribution < 1.29 is 0 Å². The fourth-order valence-corrected chi connectivity index (χ4v) is 8.81. The fourth-order valence-electron chi connectivity index (χ4n) is 8.81. The number of aromatic nitrogens is 2. The Kier molecular flexibility index (Phi) is 42.8. The van der Waals surface area contributed by atoms with Crippen molar-refractivity contribution in [3.63, 3.8) is 0 Å². The standard InChI is InChI=1S/C54H103N2/c1-4-7-9-11-13-15-17-19-21-23-25-27-29-31-33-35-37-39-41-43-45-47-49-52-51-53(56-54(6-3)55-52)50-48-46-44-42-40-38-36-34-32-30-28-26-24-22-20-18-16-14-12-10-8-5-2/h51H,3-50H2,1-2H3. The highest BCUT2D eigenvalue weighted by molar-refractivity contribution is 5.12. The molecule has 0 fully saturated rings. The molecule has 0 atom stereocenters. The second-order valence-corrected chi connectivity index (χ2v) is 18.4. The van der Waals surface area contributed by atoms with Crippen LogP contribution in [0.25, 0.3) is 0 Å². The molecule has 2 heteroatoms. The number of nitrogens with zero attached hydrogens (tertiary/aromatic N) is 2. The molecule has 56 heavy (non-hydrogen) atoms. The molecule has 1 radical (unpaired) electrons. The molecular weight excluding hydrogens is 677 g/mol. The fraction of sp³-hybridized carbons (Fsp3) is 0.907. The number of hydrogen-bond donors (Lipinski definition) is 0. The van der Waals surface area contributed by atoms with Crippen molar-refractivity contribution in [2.75, 3.05) is 0 Å². The van der Waals surface area contributed by atoms with Crippen LogP contribution in [0.2, 0.25) is 0 Å². The third-order valence-electron chi connectivity index (χ3n) is 12.7. The summed E-state index contributed by atoms with van der Waals surface area (Å²) in [7, 11) is 0. The minimum Gasteiger partial charge on any atom is -0.238 e. The molecule has 0 aliphatic heterocycles. The molecule has 0 aliphatic carbocycles. The van der Waals surface area contributed by atoms with E-state index in [-0.39, 0.29) is 0 Å². The van der Waals surface area contributed by atoms with Gasteiger partial charge in [0.1, 0.15) is 5.82 Å². The van der Waals surface area contributed by atoms with Crippen LogP contribution in [0.3, 0.4) is 0 Å². The van der Waals surface area contributed by atoms with E-state index in [1.165, 1.54) is 294 Å². The van der Waals surface area contributed by atoms with Crippen LogP contribution in [0.4, 0.5) is 0 Å². The third-order valence-corrected chi connectivity index (χ3v) is 12.7. The number of rotatable bonds is 47. The predicted molar refractivity (Wildman–Crippen MR) is 253 cm³/mol. The lowest BCUT2D eigenvalue weighted by atomic mass is 10.0. The monoisotopic (exact) mass is 780 g/mol. The smallest absolute Gasteiger partial charge is 0.128 e. The Balaban J connectivity index is 1.87. The van der Waals surface area contributed by atoms with Gasteiger partial charge < -0.3 is 0 Å². The van der Waals surface area contributed by atoms with Gasteiger partial charge in [-0.1, -0.05) is 284 Å². The molecule has 1 aromatic heterocycles. The van der Waals surface area contributed by atoms with E-state index >= 15 is 0 Å². The van der Waals surface area contributed by atoms with E-state index < -0.39 is 0 Å². The molecule has 0 aliphatic rings. The van der Waals surface area contributed by atoms with Crippen molar-refractivity contribution in [1.29, 1.82) is 0 Å². The first-order valence-electron chi connectivity index (χ1n) is 26.4. The summed E-state index contributed by atoms with van der Waals surface area (Å²) >= 11 is 0. The number of aryl methyl sites for hydroxylation is 2. The minimum absolute atomic E-state index is 0.708. The highest BCUT2D eigenvalue weighted by atomic mass is 14.9. The maximum atomic E-state index is 4.84. The van der Waals surface area contributed by atoms with Gasteiger partial charge in [0.15, 0.2) is 0 Å². The summed E-state index contributed by atoms with van der Waals surface area (Å²) < 4.78 is 0. The topological polar surface area (TPSA) is 25.8 Å². The molecule has 329 valence electrons. The van der Waals surface area contributed by atoms with Crippen LogP contribution in [0, 0.1) is 6.92 Å². The largest absolute Gasteiger partial charge is 0.238 e. The van der Waals surface area contributed by atoms with Crippen molar-refractivity contribution in [2.45, 2.75) is 316 Å². The molecular formula is C54H103N2. The second kappa shape index (κ2) is 45.2. The van der Waals surface area contributed by atoms with Gasteiger partial charge in [-0.3, -0.25) is 0 Å². The maximum absolute atomic E-state index is 4.84. The summed E-state index contributed by atoms with van der Waals surface area (Å²) in [6.07, 6.45) is 66.3. The first-order valence-corrected chi connectivity index (χ1v) is 26.4. The van der Waals surface area contributed by atoms with Crippen LogP contribution in [-0.2, 0) is 19.3 Å². The predicted octanol–water partition coefficient (Wildman–Crippen LogP) is 19.1. The summed E-state index contributed by atoms with van der Waals surface area (Å²) in [6.45, 7) is 8.72. The van der Waals surface area contributed by atoms with Crippen molar-refractivity contribution in [2.24, 2.45) is 0 Å². The summed E-state index contributed by atoms with van der Waals surface area (Å²) in [4.78, 5) is 9.68. The Morgan fingerprint density at radius 1 is 0.286 bits per heavy atom. The molecule has 0 aromatic carbocycles. The lowest BCUT2D eigenvalue weighted by Crippen LogP contribution is -2.03. The lowest BCUT2D eigenvalue weighted by molar-refractivity contribution is 0.518. The van der Waals surface area contributed by atoms with Crippen molar-refractivity contribution in [3.05, 3.63) is 30.2 Å². The Morgan fingerprint density at radius 3 is 0.643 bits per heavy atom. The Bertz CT molecular complexity index is 813. The van der Waals surface area contributed by atoms with Crippen LogP contribution in [0.5, 0.6) is 0 Å². The Morgan fingerprint density at radius 2 is 0.464 bits per heavy atom. The van der Waals surface area contributed by atoms with E-state index in [0.717, 1.165) is 18.7 Å². The van der Waals surface area contributed by atoms with E-state index in [0.29, 0.717) is 6.42 Å². The zero-order valence-electron chi connectivity index (χ0n) is 38.9. The summed E-state index contributed by atoms with van der Waals surface area (Å²) in [5.41, 5.74) is 2.53. The van der Waals surface area contributed by atoms with Crippen molar-refractivity contribution in [3.8, 4) is 0 Å². The molecule has 2 nitrogen and oxygen atoms in total. The van der Waals surface area contributed by atoms with Gasteiger partial charge in [-0.2, -0.15) is 0 Å². The lowest BCUT2D eigenvalue weighted by Gasteiger charge is -2.08. The van der Waals surface area contributed by atoms with Crippen molar-refractivity contribution >= 4 is 0 Å². The molecule has 1 heterocycles. The summed E-state index contributed by atoms with van der Waals surface area (Å²) in [6, 6.07) is 2.31. The van der Waals surface area contributed by atoms with Gasteiger partial charge in [0.05, 0.1) is 0 Å². The normalized spacial score (nSPS) is 11.6. The minimum atomic E-state index is 0.708. The number of hydrogen-bond acceptors (Lipinski definition) is 2. The SMILES string of the molecule is [CH2]Cc1nc(CCCCCCCCCCCCCCCCCCCCCCCC)cc(CCCCCCCCCCCCCCCCCCCCCCCC)n1.